The fourth-order valence-corrected chi connectivity index (χ4v) is 13.6. The van der Waals surface area contributed by atoms with Gasteiger partial charge < -0.3 is 0 Å². The highest BCUT2D eigenvalue weighted by Crippen LogP contribution is 2.45. The molecule has 8 rings (SSSR count). The van der Waals surface area contributed by atoms with E-state index in [0.29, 0.717) is 0 Å². The van der Waals surface area contributed by atoms with Crippen molar-refractivity contribution in [3.63, 3.8) is 0 Å². The standard InChI is InChI=1S/C38H38N8S8/c1-3-5-7-9-11-13-23-29(35-41-19-25(49-35)31-39-15-17-47-31)53-33(45-23)27-21-43-37(51-27)38-44-22-28(52-38)34-46-24(14-12-10-8-6-4-2)30(54-34)36-42-20-26(50-36)32-40-16-18-48-32/h15-22H,3-14H2,1-2H3. The maximum Gasteiger partial charge on any atom is 0.152 e. The Morgan fingerprint density at radius 1 is 0.389 bits per heavy atom. The van der Waals surface area contributed by atoms with E-state index in [1.54, 1.807) is 90.7 Å². The van der Waals surface area contributed by atoms with Gasteiger partial charge in [-0.25, -0.2) is 39.9 Å². The Morgan fingerprint density at radius 2 is 0.778 bits per heavy atom. The zero-order valence-corrected chi connectivity index (χ0v) is 36.5. The summed E-state index contributed by atoms with van der Waals surface area (Å²) in [6, 6.07) is 0. The summed E-state index contributed by atoms with van der Waals surface area (Å²) in [5, 5.41) is 11.9. The number of unbranched alkanes of at least 4 members (excludes halogenated alkanes) is 8. The quantitative estimate of drug-likeness (QED) is 0.0741. The van der Waals surface area contributed by atoms with Gasteiger partial charge in [0.05, 0.1) is 40.7 Å². The summed E-state index contributed by atoms with van der Waals surface area (Å²) in [5.41, 5.74) is 2.27. The minimum absolute atomic E-state index is 0.903. The number of nitrogens with zero attached hydrogens (tertiary/aromatic N) is 8. The highest BCUT2D eigenvalue weighted by Gasteiger charge is 2.23. The van der Waals surface area contributed by atoms with E-state index in [2.05, 4.69) is 23.8 Å². The first-order valence-corrected chi connectivity index (χ1v) is 25.0. The van der Waals surface area contributed by atoms with Crippen molar-refractivity contribution < 1.29 is 0 Å². The molecule has 8 nitrogen and oxygen atoms in total. The van der Waals surface area contributed by atoms with Gasteiger partial charge >= 0.3 is 0 Å². The van der Waals surface area contributed by atoms with Crippen LogP contribution in [0, 0.1) is 0 Å². The second-order valence-corrected chi connectivity index (χ2v) is 20.6. The molecule has 0 unspecified atom stereocenters. The van der Waals surface area contributed by atoms with E-state index in [9.17, 15) is 0 Å². The molecular formula is C38H38N8S8. The molecule has 0 atom stereocenters. The second kappa shape index (κ2) is 18.3. The SMILES string of the molecule is CCCCCCCc1nc(-c2cnc(-c3ncc(-c4nc(CCCCCCC)c(-c5ncc(-c6nccs6)s5)s4)s3)s2)sc1-c1ncc(-c2nccs2)s1. The van der Waals surface area contributed by atoms with E-state index < -0.39 is 0 Å². The van der Waals surface area contributed by atoms with E-state index in [1.807, 2.05) is 47.9 Å². The van der Waals surface area contributed by atoms with Crippen LogP contribution in [-0.2, 0) is 12.8 Å². The number of aromatic nitrogens is 8. The van der Waals surface area contributed by atoms with Crippen LogP contribution >= 0.6 is 90.7 Å². The van der Waals surface area contributed by atoms with E-state index in [0.717, 1.165) is 96.6 Å². The maximum atomic E-state index is 5.22. The van der Waals surface area contributed by atoms with E-state index in [-0.39, 0.29) is 0 Å². The summed E-state index contributed by atoms with van der Waals surface area (Å²) in [5.74, 6) is 0. The molecule has 0 aliphatic rings. The molecule has 0 aromatic carbocycles. The van der Waals surface area contributed by atoms with Crippen molar-refractivity contribution in [2.75, 3.05) is 0 Å². The van der Waals surface area contributed by atoms with Gasteiger partial charge in [-0.05, 0) is 25.7 Å². The lowest BCUT2D eigenvalue weighted by molar-refractivity contribution is 0.629. The summed E-state index contributed by atoms with van der Waals surface area (Å²) in [6.07, 6.45) is 25.7. The zero-order valence-electron chi connectivity index (χ0n) is 29.9. The number of hydrogen-bond acceptors (Lipinski definition) is 16. The van der Waals surface area contributed by atoms with Crippen molar-refractivity contribution in [3.05, 3.63) is 59.3 Å². The van der Waals surface area contributed by atoms with Crippen LogP contribution in [-0.4, -0.2) is 39.9 Å². The number of rotatable bonds is 19. The molecule has 0 aliphatic heterocycles. The Morgan fingerprint density at radius 3 is 1.19 bits per heavy atom. The third-order valence-electron chi connectivity index (χ3n) is 8.73. The molecule has 8 heterocycles. The fraction of sp³-hybridized carbons (Fsp3) is 0.368. The molecule has 16 heteroatoms. The van der Waals surface area contributed by atoms with Crippen molar-refractivity contribution in [1.29, 1.82) is 0 Å². The van der Waals surface area contributed by atoms with Gasteiger partial charge in [0.2, 0.25) is 0 Å². The van der Waals surface area contributed by atoms with Crippen LogP contribution in [0.15, 0.2) is 47.9 Å². The van der Waals surface area contributed by atoms with E-state index in [1.165, 1.54) is 61.1 Å². The van der Waals surface area contributed by atoms with Crippen LogP contribution < -0.4 is 0 Å². The van der Waals surface area contributed by atoms with Crippen molar-refractivity contribution in [2.24, 2.45) is 0 Å². The summed E-state index contributed by atoms with van der Waals surface area (Å²) >= 11 is 13.5. The first-order chi connectivity index (χ1) is 26.7. The molecule has 0 saturated carbocycles. The van der Waals surface area contributed by atoms with Crippen molar-refractivity contribution in [2.45, 2.75) is 90.9 Å². The topological polar surface area (TPSA) is 103 Å². The fourth-order valence-electron chi connectivity index (χ4n) is 5.97. The van der Waals surface area contributed by atoms with Gasteiger partial charge in [-0.15, -0.1) is 90.7 Å². The third kappa shape index (κ3) is 8.86. The maximum absolute atomic E-state index is 5.22. The van der Waals surface area contributed by atoms with Crippen molar-refractivity contribution in [1.82, 2.24) is 39.9 Å². The molecule has 0 saturated heterocycles. The molecule has 8 aromatic heterocycles. The Hall–Kier alpha value is -2.96. The first-order valence-electron chi connectivity index (χ1n) is 18.3. The lowest BCUT2D eigenvalue weighted by atomic mass is 10.1. The molecule has 0 spiro atoms. The predicted molar refractivity (Wildman–Crippen MR) is 235 cm³/mol. The van der Waals surface area contributed by atoms with Crippen LogP contribution in [0.2, 0.25) is 0 Å². The average molecular weight is 863 g/mol. The van der Waals surface area contributed by atoms with Gasteiger partial charge in [0.1, 0.15) is 30.0 Å². The molecular weight excluding hydrogens is 825 g/mol. The number of hydrogen-bond donors (Lipinski definition) is 0. The Kier molecular flexibility index (Phi) is 12.9. The van der Waals surface area contributed by atoms with Crippen LogP contribution in [0.3, 0.4) is 0 Å². The highest BCUT2D eigenvalue weighted by molar-refractivity contribution is 7.30. The minimum atomic E-state index is 0.903. The highest BCUT2D eigenvalue weighted by atomic mass is 32.1. The van der Waals surface area contributed by atoms with E-state index >= 15 is 0 Å². The molecule has 0 fully saturated rings. The Bertz CT molecular complexity index is 2190. The van der Waals surface area contributed by atoms with Gasteiger partial charge in [-0.3, -0.25) is 0 Å². The summed E-state index contributed by atoms with van der Waals surface area (Å²) in [7, 11) is 0. The number of thiazole rings is 8. The molecule has 0 amide bonds. The Balaban J connectivity index is 1.04. The monoisotopic (exact) mass is 862 g/mol. The molecule has 0 radical (unpaired) electrons. The molecule has 0 N–H and O–H groups in total. The zero-order chi connectivity index (χ0) is 36.7. The van der Waals surface area contributed by atoms with Crippen molar-refractivity contribution in [3.8, 4) is 69.3 Å². The average Bonchev–Trinajstić information content (AvgIpc) is 4.04. The van der Waals surface area contributed by atoms with Crippen molar-refractivity contribution >= 4 is 90.7 Å². The molecule has 54 heavy (non-hydrogen) atoms. The third-order valence-corrected chi connectivity index (χ3v) is 17.6. The second-order valence-electron chi connectivity index (χ2n) is 12.7. The van der Waals surface area contributed by atoms with Gasteiger partial charge in [0.25, 0.3) is 0 Å². The molecule has 0 bridgehead atoms. The van der Waals surface area contributed by atoms with Crippen LogP contribution in [0.25, 0.3) is 69.3 Å². The van der Waals surface area contributed by atoms with Gasteiger partial charge in [-0.2, -0.15) is 0 Å². The smallest absolute Gasteiger partial charge is 0.152 e. The van der Waals surface area contributed by atoms with Crippen LogP contribution in [0.5, 0.6) is 0 Å². The first kappa shape index (κ1) is 37.9. The van der Waals surface area contributed by atoms with E-state index in [4.69, 9.17) is 29.9 Å². The van der Waals surface area contributed by atoms with Gasteiger partial charge in [0, 0.05) is 47.9 Å². The lowest BCUT2D eigenvalue weighted by Crippen LogP contribution is -1.89. The molecule has 278 valence electrons. The summed E-state index contributed by atoms with van der Waals surface area (Å²) < 4.78 is 0. The summed E-state index contributed by atoms with van der Waals surface area (Å²) in [4.78, 5) is 45.5. The van der Waals surface area contributed by atoms with Crippen LogP contribution in [0.1, 0.15) is 89.4 Å². The largest absolute Gasteiger partial charge is 0.244 e. The predicted octanol–water partition coefficient (Wildman–Crippen LogP) is 14.0. The van der Waals surface area contributed by atoms with Gasteiger partial charge in [-0.1, -0.05) is 65.2 Å². The van der Waals surface area contributed by atoms with Gasteiger partial charge in [0.15, 0.2) is 10.0 Å². The minimum Gasteiger partial charge on any atom is -0.244 e. The summed E-state index contributed by atoms with van der Waals surface area (Å²) in [6.45, 7) is 4.52. The molecule has 8 aromatic rings. The lowest BCUT2D eigenvalue weighted by Gasteiger charge is -2.00. The normalized spacial score (nSPS) is 11.7. The molecule has 0 aliphatic carbocycles. The Labute approximate surface area is 347 Å². The number of aryl methyl sites for hydroxylation is 2. The van der Waals surface area contributed by atoms with Crippen LogP contribution in [0.4, 0.5) is 0 Å².